The molecule has 1 atom stereocenters. The summed E-state index contributed by atoms with van der Waals surface area (Å²) >= 11 is 0. The smallest absolute Gasteiger partial charge is 0.0686 e. The lowest BCUT2D eigenvalue weighted by molar-refractivity contribution is 0.282. The highest BCUT2D eigenvalue weighted by Crippen LogP contribution is 1.97. The van der Waals surface area contributed by atoms with E-state index in [1.165, 1.54) is 0 Å². The van der Waals surface area contributed by atoms with Crippen LogP contribution < -0.4 is 5.32 Å². The summed E-state index contributed by atoms with van der Waals surface area (Å²) in [5, 5.41) is 11.9. The molecular weight excluding hydrogens is 162 g/mol. The van der Waals surface area contributed by atoms with Gasteiger partial charge in [-0.05, 0) is 32.2 Å². The highest BCUT2D eigenvalue weighted by Gasteiger charge is 2.00. The first-order chi connectivity index (χ1) is 6.35. The molecule has 1 unspecified atom stereocenters. The van der Waals surface area contributed by atoms with Crippen molar-refractivity contribution < 1.29 is 5.11 Å². The standard InChI is InChI=1S/C11H21NO/c1-3-8-11(4-2)12-9-6-5-7-10-13/h2,11-13H,3,5-10H2,1H3. The fraction of sp³-hybridized carbons (Fsp3) is 0.818. The number of aliphatic hydroxyl groups excluding tert-OH is 1. The fourth-order valence-corrected chi connectivity index (χ4v) is 1.22. The Labute approximate surface area is 81.7 Å². The summed E-state index contributed by atoms with van der Waals surface area (Å²) in [6.07, 6.45) is 10.6. The Morgan fingerprint density at radius 3 is 2.69 bits per heavy atom. The van der Waals surface area contributed by atoms with Crippen LogP contribution in [0.1, 0.15) is 39.0 Å². The molecule has 0 aromatic heterocycles. The van der Waals surface area contributed by atoms with Gasteiger partial charge in [0.2, 0.25) is 0 Å². The number of terminal acetylenes is 1. The minimum absolute atomic E-state index is 0.235. The molecule has 2 nitrogen and oxygen atoms in total. The van der Waals surface area contributed by atoms with Gasteiger partial charge in [-0.2, -0.15) is 0 Å². The molecule has 0 aromatic carbocycles. The normalized spacial score (nSPS) is 12.4. The molecule has 0 rings (SSSR count). The van der Waals surface area contributed by atoms with Crippen molar-refractivity contribution >= 4 is 0 Å². The van der Waals surface area contributed by atoms with Gasteiger partial charge >= 0.3 is 0 Å². The van der Waals surface area contributed by atoms with Crippen molar-refractivity contribution in [2.24, 2.45) is 0 Å². The van der Waals surface area contributed by atoms with Gasteiger partial charge in [-0.25, -0.2) is 0 Å². The molecule has 0 saturated heterocycles. The third-order valence-corrected chi connectivity index (χ3v) is 2.00. The van der Waals surface area contributed by atoms with Crippen molar-refractivity contribution in [3.8, 4) is 12.3 Å². The maximum absolute atomic E-state index is 8.55. The molecule has 0 aromatic rings. The molecule has 13 heavy (non-hydrogen) atoms. The van der Waals surface area contributed by atoms with Crippen molar-refractivity contribution in [1.82, 2.24) is 5.32 Å². The van der Waals surface area contributed by atoms with E-state index in [0.717, 1.165) is 38.6 Å². The molecule has 0 spiro atoms. The molecule has 0 amide bonds. The lowest BCUT2D eigenvalue weighted by Crippen LogP contribution is -2.28. The molecule has 0 saturated carbocycles. The van der Waals surface area contributed by atoms with Gasteiger partial charge in [0.05, 0.1) is 6.04 Å². The molecule has 0 aliphatic rings. The SMILES string of the molecule is C#CC(CCC)NCCCCCO. The zero-order valence-corrected chi connectivity index (χ0v) is 8.55. The minimum Gasteiger partial charge on any atom is -0.396 e. The fourth-order valence-electron chi connectivity index (χ4n) is 1.22. The highest BCUT2D eigenvalue weighted by molar-refractivity contribution is 4.98. The van der Waals surface area contributed by atoms with Crippen LogP contribution in [0.4, 0.5) is 0 Å². The molecular formula is C11H21NO. The van der Waals surface area contributed by atoms with Crippen LogP contribution in [0, 0.1) is 12.3 Å². The van der Waals surface area contributed by atoms with E-state index in [4.69, 9.17) is 11.5 Å². The first kappa shape index (κ1) is 12.5. The predicted molar refractivity (Wildman–Crippen MR) is 56.5 cm³/mol. The van der Waals surface area contributed by atoms with Gasteiger partial charge in [-0.15, -0.1) is 6.42 Å². The van der Waals surface area contributed by atoms with Crippen LogP contribution in [-0.2, 0) is 0 Å². The number of aliphatic hydroxyl groups is 1. The quantitative estimate of drug-likeness (QED) is 0.442. The molecule has 2 N–H and O–H groups in total. The number of unbranched alkanes of at least 4 members (excludes halogenated alkanes) is 2. The van der Waals surface area contributed by atoms with Gasteiger partial charge in [-0.1, -0.05) is 19.3 Å². The van der Waals surface area contributed by atoms with Gasteiger partial charge in [0, 0.05) is 6.61 Å². The second kappa shape index (κ2) is 9.57. The van der Waals surface area contributed by atoms with Gasteiger partial charge in [-0.3, -0.25) is 0 Å². The molecule has 2 heteroatoms. The zero-order chi connectivity index (χ0) is 9.94. The lowest BCUT2D eigenvalue weighted by Gasteiger charge is -2.11. The third-order valence-electron chi connectivity index (χ3n) is 2.00. The summed E-state index contributed by atoms with van der Waals surface area (Å²) in [6.45, 7) is 3.40. The Kier molecular flexibility index (Phi) is 9.18. The second-order valence-electron chi connectivity index (χ2n) is 3.25. The first-order valence-corrected chi connectivity index (χ1v) is 5.15. The van der Waals surface area contributed by atoms with E-state index in [-0.39, 0.29) is 6.04 Å². The van der Waals surface area contributed by atoms with Crippen molar-refractivity contribution in [3.05, 3.63) is 0 Å². The topological polar surface area (TPSA) is 32.3 Å². The molecule has 0 aliphatic heterocycles. The van der Waals surface area contributed by atoms with E-state index in [2.05, 4.69) is 18.2 Å². The number of nitrogens with one attached hydrogen (secondary N) is 1. The van der Waals surface area contributed by atoms with Crippen LogP contribution in [0.3, 0.4) is 0 Å². The zero-order valence-electron chi connectivity index (χ0n) is 8.55. The van der Waals surface area contributed by atoms with Crippen molar-refractivity contribution in [2.75, 3.05) is 13.2 Å². The molecule has 76 valence electrons. The van der Waals surface area contributed by atoms with Gasteiger partial charge in [0.1, 0.15) is 0 Å². The lowest BCUT2D eigenvalue weighted by atomic mass is 10.1. The first-order valence-electron chi connectivity index (χ1n) is 5.15. The Hall–Kier alpha value is -0.520. The van der Waals surface area contributed by atoms with E-state index >= 15 is 0 Å². The summed E-state index contributed by atoms with van der Waals surface area (Å²) in [6, 6.07) is 0.235. The van der Waals surface area contributed by atoms with Crippen molar-refractivity contribution in [1.29, 1.82) is 0 Å². The average molecular weight is 183 g/mol. The molecule has 0 heterocycles. The largest absolute Gasteiger partial charge is 0.396 e. The number of hydrogen-bond donors (Lipinski definition) is 2. The van der Waals surface area contributed by atoms with E-state index < -0.39 is 0 Å². The predicted octanol–water partition coefficient (Wildman–Crippen LogP) is 1.54. The van der Waals surface area contributed by atoms with Gasteiger partial charge < -0.3 is 10.4 Å². The van der Waals surface area contributed by atoms with Crippen LogP contribution >= 0.6 is 0 Å². The summed E-state index contributed by atoms with van der Waals surface area (Å²) in [5.41, 5.74) is 0. The maximum atomic E-state index is 8.55. The van der Waals surface area contributed by atoms with E-state index in [1.807, 2.05) is 0 Å². The Bertz CT molecular complexity index is 140. The third kappa shape index (κ3) is 7.83. The Morgan fingerprint density at radius 2 is 2.15 bits per heavy atom. The van der Waals surface area contributed by atoms with Crippen LogP contribution in [0.2, 0.25) is 0 Å². The van der Waals surface area contributed by atoms with E-state index in [1.54, 1.807) is 0 Å². The van der Waals surface area contributed by atoms with Crippen molar-refractivity contribution in [3.63, 3.8) is 0 Å². The highest BCUT2D eigenvalue weighted by atomic mass is 16.2. The average Bonchev–Trinajstić information content (AvgIpc) is 2.16. The molecule has 0 radical (unpaired) electrons. The number of rotatable bonds is 8. The van der Waals surface area contributed by atoms with Crippen LogP contribution in [0.15, 0.2) is 0 Å². The van der Waals surface area contributed by atoms with Gasteiger partial charge in [0.15, 0.2) is 0 Å². The summed E-state index contributed by atoms with van der Waals surface area (Å²) in [5.74, 6) is 2.73. The van der Waals surface area contributed by atoms with E-state index in [0.29, 0.717) is 6.61 Å². The molecule has 0 fully saturated rings. The molecule has 0 bridgehead atoms. The number of hydrogen-bond acceptors (Lipinski definition) is 2. The summed E-state index contributed by atoms with van der Waals surface area (Å²) in [7, 11) is 0. The Morgan fingerprint density at radius 1 is 1.38 bits per heavy atom. The van der Waals surface area contributed by atoms with Crippen molar-refractivity contribution in [2.45, 2.75) is 45.1 Å². The van der Waals surface area contributed by atoms with Crippen LogP contribution in [0.5, 0.6) is 0 Å². The second-order valence-corrected chi connectivity index (χ2v) is 3.25. The van der Waals surface area contributed by atoms with Crippen LogP contribution in [0.25, 0.3) is 0 Å². The Balaban J connectivity index is 3.24. The summed E-state index contributed by atoms with van der Waals surface area (Å²) < 4.78 is 0. The van der Waals surface area contributed by atoms with Gasteiger partial charge in [0.25, 0.3) is 0 Å². The monoisotopic (exact) mass is 183 g/mol. The minimum atomic E-state index is 0.235. The van der Waals surface area contributed by atoms with Crippen LogP contribution in [-0.4, -0.2) is 24.3 Å². The van der Waals surface area contributed by atoms with E-state index in [9.17, 15) is 0 Å². The summed E-state index contributed by atoms with van der Waals surface area (Å²) in [4.78, 5) is 0. The maximum Gasteiger partial charge on any atom is 0.0686 e. The molecule has 0 aliphatic carbocycles.